The summed E-state index contributed by atoms with van der Waals surface area (Å²) in [6.45, 7) is 0. The van der Waals surface area contributed by atoms with Gasteiger partial charge in [-0.1, -0.05) is 54.6 Å². The van der Waals surface area contributed by atoms with E-state index < -0.39 is 7.14 Å². The average molecular weight is 277 g/mol. The van der Waals surface area contributed by atoms with Crippen LogP contribution in [-0.2, 0) is 4.57 Å². The normalized spacial score (nSPS) is 19.4. The third kappa shape index (κ3) is 1.40. The summed E-state index contributed by atoms with van der Waals surface area (Å²) in [5.74, 6) is 0. The zero-order valence-corrected chi connectivity index (χ0v) is 11.6. The largest absolute Gasteiger partial charge is 0.309 e. The zero-order chi connectivity index (χ0) is 13.6. The summed E-state index contributed by atoms with van der Waals surface area (Å²) in [7, 11) is -2.76. The Morgan fingerprint density at radius 3 is 2.30 bits per heavy atom. The van der Waals surface area contributed by atoms with Crippen molar-refractivity contribution in [1.82, 2.24) is 4.98 Å². The van der Waals surface area contributed by atoms with Crippen LogP contribution >= 0.6 is 7.14 Å². The molecule has 96 valence electrons. The van der Waals surface area contributed by atoms with Crippen molar-refractivity contribution in [1.29, 1.82) is 0 Å². The van der Waals surface area contributed by atoms with Crippen LogP contribution < -0.4 is 15.9 Å². The molecule has 20 heavy (non-hydrogen) atoms. The van der Waals surface area contributed by atoms with E-state index in [1.54, 1.807) is 6.20 Å². The van der Waals surface area contributed by atoms with Crippen LogP contribution in [0.1, 0.15) is 0 Å². The number of nitrogens with zero attached hydrogens (tertiary/aromatic N) is 1. The van der Waals surface area contributed by atoms with Crippen molar-refractivity contribution < 1.29 is 4.57 Å². The van der Waals surface area contributed by atoms with Gasteiger partial charge in [0.15, 0.2) is 7.14 Å². The molecule has 0 aliphatic carbocycles. The van der Waals surface area contributed by atoms with Crippen molar-refractivity contribution in [3.8, 4) is 11.3 Å². The number of hydrogen-bond donors (Lipinski definition) is 0. The Kier molecular flexibility index (Phi) is 2.42. The number of aromatic nitrogens is 1. The quantitative estimate of drug-likeness (QED) is 0.501. The molecule has 0 radical (unpaired) electrons. The van der Waals surface area contributed by atoms with Crippen molar-refractivity contribution in [3.05, 3.63) is 72.9 Å². The van der Waals surface area contributed by atoms with Gasteiger partial charge in [0.2, 0.25) is 0 Å². The molecule has 1 atom stereocenters. The first-order valence-electron chi connectivity index (χ1n) is 6.53. The number of hydrogen-bond acceptors (Lipinski definition) is 2. The van der Waals surface area contributed by atoms with E-state index >= 15 is 0 Å². The van der Waals surface area contributed by atoms with E-state index in [9.17, 15) is 4.57 Å². The first-order chi connectivity index (χ1) is 9.82. The van der Waals surface area contributed by atoms with Crippen molar-refractivity contribution in [3.63, 3.8) is 0 Å². The lowest BCUT2D eigenvalue weighted by atomic mass is 10.1. The molecule has 0 N–H and O–H groups in total. The van der Waals surface area contributed by atoms with Gasteiger partial charge in [-0.05, 0) is 12.1 Å². The van der Waals surface area contributed by atoms with Gasteiger partial charge in [-0.3, -0.25) is 4.98 Å². The fourth-order valence-electron chi connectivity index (χ4n) is 2.85. The van der Waals surface area contributed by atoms with E-state index in [4.69, 9.17) is 0 Å². The number of pyridine rings is 1. The van der Waals surface area contributed by atoms with E-state index in [0.717, 1.165) is 27.2 Å². The van der Waals surface area contributed by atoms with E-state index in [1.807, 2.05) is 66.7 Å². The summed E-state index contributed by atoms with van der Waals surface area (Å²) in [6.07, 6.45) is 1.76. The SMILES string of the molecule is O=P1(c2ccccc2)c2ccccc2-c2ncccc21. The lowest BCUT2D eigenvalue weighted by Crippen LogP contribution is -2.20. The molecule has 0 saturated carbocycles. The highest BCUT2D eigenvalue weighted by molar-refractivity contribution is 7.86. The second kappa shape index (κ2) is 4.16. The van der Waals surface area contributed by atoms with Crippen LogP contribution in [0.25, 0.3) is 11.3 Å². The molecule has 2 nitrogen and oxygen atoms in total. The van der Waals surface area contributed by atoms with Gasteiger partial charge in [0.1, 0.15) is 0 Å². The Morgan fingerprint density at radius 1 is 0.750 bits per heavy atom. The molecule has 0 saturated heterocycles. The second-order valence-electron chi connectivity index (χ2n) is 4.83. The first kappa shape index (κ1) is 11.6. The molecule has 0 bridgehead atoms. The van der Waals surface area contributed by atoms with Crippen LogP contribution in [0.2, 0.25) is 0 Å². The molecule has 2 heterocycles. The third-order valence-electron chi connectivity index (χ3n) is 3.74. The molecule has 1 aliphatic heterocycles. The van der Waals surface area contributed by atoms with Gasteiger partial charge >= 0.3 is 0 Å². The van der Waals surface area contributed by atoms with Crippen molar-refractivity contribution >= 4 is 23.1 Å². The summed E-state index contributed by atoms with van der Waals surface area (Å²) >= 11 is 0. The third-order valence-corrected chi connectivity index (χ3v) is 6.88. The van der Waals surface area contributed by atoms with Gasteiger partial charge in [-0.25, -0.2) is 0 Å². The monoisotopic (exact) mass is 277 g/mol. The molecule has 1 unspecified atom stereocenters. The number of rotatable bonds is 1. The van der Waals surface area contributed by atoms with Gasteiger partial charge in [-0.2, -0.15) is 0 Å². The van der Waals surface area contributed by atoms with Gasteiger partial charge in [0.25, 0.3) is 0 Å². The standard InChI is InChI=1S/C17H12NOP/c19-20(13-7-2-1-3-8-13)15-10-5-4-9-14(15)17-16(20)11-6-12-18-17/h1-12H. The molecule has 4 rings (SSSR count). The van der Waals surface area contributed by atoms with Gasteiger partial charge in [0, 0.05) is 27.7 Å². The second-order valence-corrected chi connectivity index (χ2v) is 7.53. The summed E-state index contributed by atoms with van der Waals surface area (Å²) < 4.78 is 13.8. The maximum Gasteiger partial charge on any atom is 0.173 e. The summed E-state index contributed by atoms with van der Waals surface area (Å²) in [5, 5.41) is 2.63. The van der Waals surface area contributed by atoms with Gasteiger partial charge < -0.3 is 4.57 Å². The molecule has 1 aliphatic rings. The Balaban J connectivity index is 2.13. The van der Waals surface area contributed by atoms with E-state index in [1.165, 1.54) is 0 Å². The molecule has 1 aromatic heterocycles. The van der Waals surface area contributed by atoms with Crippen LogP contribution in [-0.4, -0.2) is 4.98 Å². The molecule has 0 amide bonds. The van der Waals surface area contributed by atoms with Crippen molar-refractivity contribution in [2.24, 2.45) is 0 Å². The zero-order valence-electron chi connectivity index (χ0n) is 10.7. The molecule has 0 spiro atoms. The highest BCUT2D eigenvalue weighted by atomic mass is 31.2. The number of benzene rings is 2. The van der Waals surface area contributed by atoms with Crippen LogP contribution in [0.5, 0.6) is 0 Å². The van der Waals surface area contributed by atoms with Crippen LogP contribution in [0.15, 0.2) is 72.9 Å². The molecular formula is C17H12NOP. The maximum absolute atomic E-state index is 13.8. The predicted molar refractivity (Wildman–Crippen MR) is 82.6 cm³/mol. The highest BCUT2D eigenvalue weighted by Gasteiger charge is 2.40. The van der Waals surface area contributed by atoms with Crippen LogP contribution in [0.4, 0.5) is 0 Å². The topological polar surface area (TPSA) is 30.0 Å². The van der Waals surface area contributed by atoms with E-state index in [0.29, 0.717) is 0 Å². The summed E-state index contributed by atoms with van der Waals surface area (Å²) in [6, 6.07) is 21.4. The van der Waals surface area contributed by atoms with Crippen LogP contribution in [0, 0.1) is 0 Å². The van der Waals surface area contributed by atoms with E-state index in [2.05, 4.69) is 4.98 Å². The highest BCUT2D eigenvalue weighted by Crippen LogP contribution is 2.51. The van der Waals surface area contributed by atoms with Crippen LogP contribution in [0.3, 0.4) is 0 Å². The molecule has 2 aromatic carbocycles. The summed E-state index contributed by atoms with van der Waals surface area (Å²) in [5.41, 5.74) is 1.85. The Bertz CT molecular complexity index is 793. The Labute approximate surface area is 117 Å². The minimum absolute atomic E-state index is 0.854. The fraction of sp³-hybridized carbons (Fsp3) is 0. The predicted octanol–water partition coefficient (Wildman–Crippen LogP) is 2.70. The van der Waals surface area contributed by atoms with Gasteiger partial charge in [-0.15, -0.1) is 0 Å². The lowest BCUT2D eigenvalue weighted by molar-refractivity contribution is 0.593. The minimum Gasteiger partial charge on any atom is -0.309 e. The fourth-order valence-corrected chi connectivity index (χ4v) is 5.85. The first-order valence-corrected chi connectivity index (χ1v) is 8.24. The van der Waals surface area contributed by atoms with Crippen molar-refractivity contribution in [2.45, 2.75) is 0 Å². The lowest BCUT2D eigenvalue weighted by Gasteiger charge is -2.14. The van der Waals surface area contributed by atoms with Gasteiger partial charge in [0.05, 0.1) is 5.69 Å². The Hall–Kier alpha value is -2.18. The molecule has 3 heteroatoms. The Morgan fingerprint density at radius 2 is 1.45 bits per heavy atom. The molecule has 0 fully saturated rings. The molecular weight excluding hydrogens is 265 g/mol. The smallest absolute Gasteiger partial charge is 0.173 e. The van der Waals surface area contributed by atoms with E-state index in [-0.39, 0.29) is 0 Å². The van der Waals surface area contributed by atoms with Crippen molar-refractivity contribution in [2.75, 3.05) is 0 Å². The average Bonchev–Trinajstić information content (AvgIpc) is 2.80. The maximum atomic E-state index is 13.8. The number of fused-ring (bicyclic) bond motifs is 3. The molecule has 3 aromatic rings. The summed E-state index contributed by atoms with van der Waals surface area (Å²) in [4.78, 5) is 4.45. The minimum atomic E-state index is -2.76.